The summed E-state index contributed by atoms with van der Waals surface area (Å²) in [5.74, 6) is 0.453. The van der Waals surface area contributed by atoms with E-state index in [0.29, 0.717) is 29.3 Å². The van der Waals surface area contributed by atoms with E-state index in [4.69, 9.17) is 10.5 Å². The molecule has 22 heavy (non-hydrogen) atoms. The van der Waals surface area contributed by atoms with Crippen LogP contribution in [0, 0.1) is 6.92 Å². The monoisotopic (exact) mass is 323 g/mol. The Labute approximate surface area is 132 Å². The minimum Gasteiger partial charge on any atom is -0.465 e. The van der Waals surface area contributed by atoms with Crippen LogP contribution in [0.15, 0.2) is 0 Å². The standard InChI is InChI=1S/C13H17N5O3S/c1-4-21-7(19)5-15-11-8-9(14)10(13(20)22)18(3)12(8)17-6(2)16-11/h4-5,14H2,1-3H3,(H,20,22)(H,15,16,17). The lowest BCUT2D eigenvalue weighted by Crippen LogP contribution is -2.18. The zero-order valence-electron chi connectivity index (χ0n) is 12.5. The number of anilines is 2. The van der Waals surface area contributed by atoms with E-state index < -0.39 is 11.1 Å². The first-order chi connectivity index (χ1) is 10.4. The highest BCUT2D eigenvalue weighted by Crippen LogP contribution is 2.32. The zero-order valence-corrected chi connectivity index (χ0v) is 13.4. The number of carbonyl (C=O) groups is 2. The topological polar surface area (TPSA) is 112 Å². The Morgan fingerprint density at radius 1 is 1.41 bits per heavy atom. The molecule has 2 aromatic heterocycles. The first kappa shape index (κ1) is 16.1. The highest BCUT2D eigenvalue weighted by atomic mass is 32.1. The molecule has 0 spiro atoms. The SMILES string of the molecule is CCOC(=O)CNc1nc(C)nc2c1c(N)c(C(=O)S)n2C. The summed E-state index contributed by atoms with van der Waals surface area (Å²) in [6, 6.07) is 0. The van der Waals surface area contributed by atoms with Gasteiger partial charge in [-0.3, -0.25) is 9.59 Å². The van der Waals surface area contributed by atoms with E-state index >= 15 is 0 Å². The number of thiol groups is 1. The second-order valence-corrected chi connectivity index (χ2v) is 5.01. The number of nitrogen functional groups attached to an aromatic ring is 1. The van der Waals surface area contributed by atoms with Crippen LogP contribution in [0.2, 0.25) is 0 Å². The number of aryl methyl sites for hydroxylation is 2. The maximum absolute atomic E-state index is 11.6. The third-order valence-electron chi connectivity index (χ3n) is 3.09. The summed E-state index contributed by atoms with van der Waals surface area (Å²) in [4.78, 5) is 31.6. The molecule has 0 aliphatic rings. The molecule has 0 radical (unpaired) electrons. The van der Waals surface area contributed by atoms with Crippen LogP contribution in [0.1, 0.15) is 23.2 Å². The normalized spacial score (nSPS) is 10.7. The van der Waals surface area contributed by atoms with Gasteiger partial charge < -0.3 is 20.4 Å². The quantitative estimate of drug-likeness (QED) is 0.553. The molecule has 0 aromatic carbocycles. The Hall–Kier alpha value is -2.29. The van der Waals surface area contributed by atoms with Gasteiger partial charge >= 0.3 is 5.97 Å². The van der Waals surface area contributed by atoms with Crippen molar-refractivity contribution in [2.75, 3.05) is 24.2 Å². The number of nitrogens with two attached hydrogens (primary N) is 1. The van der Waals surface area contributed by atoms with E-state index in [1.54, 1.807) is 25.5 Å². The van der Waals surface area contributed by atoms with Crippen LogP contribution in [0.5, 0.6) is 0 Å². The highest BCUT2D eigenvalue weighted by molar-refractivity contribution is 7.97. The number of hydrogen-bond acceptors (Lipinski definition) is 7. The van der Waals surface area contributed by atoms with Crippen molar-refractivity contribution >= 4 is 46.3 Å². The third kappa shape index (κ3) is 2.84. The molecule has 0 unspecified atom stereocenters. The van der Waals surface area contributed by atoms with Gasteiger partial charge in [-0.2, -0.15) is 0 Å². The number of hydrogen-bond donors (Lipinski definition) is 3. The van der Waals surface area contributed by atoms with E-state index in [2.05, 4.69) is 27.9 Å². The maximum Gasteiger partial charge on any atom is 0.325 e. The van der Waals surface area contributed by atoms with E-state index in [0.717, 1.165) is 0 Å². The second-order valence-electron chi connectivity index (χ2n) is 4.60. The molecule has 0 saturated carbocycles. The molecule has 2 heterocycles. The lowest BCUT2D eigenvalue weighted by molar-refractivity contribution is -0.140. The molecule has 0 bridgehead atoms. The van der Waals surface area contributed by atoms with Crippen molar-refractivity contribution in [2.24, 2.45) is 7.05 Å². The Balaban J connectivity index is 2.52. The first-order valence-electron chi connectivity index (χ1n) is 6.62. The average molecular weight is 323 g/mol. The minimum atomic E-state index is -0.466. The summed E-state index contributed by atoms with van der Waals surface area (Å²) >= 11 is 3.83. The van der Waals surface area contributed by atoms with Crippen LogP contribution in [0.25, 0.3) is 11.0 Å². The zero-order chi connectivity index (χ0) is 16.4. The summed E-state index contributed by atoms with van der Waals surface area (Å²) < 4.78 is 6.42. The molecule has 2 rings (SSSR count). The van der Waals surface area contributed by atoms with Gasteiger partial charge in [-0.05, 0) is 13.8 Å². The molecule has 0 saturated heterocycles. The second kappa shape index (κ2) is 6.22. The molecular formula is C13H17N5O3S. The number of nitrogens with one attached hydrogen (secondary N) is 1. The van der Waals surface area contributed by atoms with Gasteiger partial charge in [0.2, 0.25) is 5.12 Å². The summed E-state index contributed by atoms with van der Waals surface area (Å²) in [6.45, 7) is 3.67. The van der Waals surface area contributed by atoms with Crippen molar-refractivity contribution in [3.8, 4) is 0 Å². The molecule has 0 aliphatic carbocycles. The van der Waals surface area contributed by atoms with Crippen LogP contribution in [-0.4, -0.2) is 38.8 Å². The number of rotatable bonds is 5. The number of aromatic nitrogens is 3. The molecule has 2 aromatic rings. The van der Waals surface area contributed by atoms with Crippen molar-refractivity contribution in [3.63, 3.8) is 0 Å². The van der Waals surface area contributed by atoms with Gasteiger partial charge in [0.1, 0.15) is 29.5 Å². The van der Waals surface area contributed by atoms with Gasteiger partial charge in [0, 0.05) is 7.05 Å². The van der Waals surface area contributed by atoms with Crippen molar-refractivity contribution < 1.29 is 14.3 Å². The summed E-state index contributed by atoms with van der Waals surface area (Å²) in [5.41, 5.74) is 6.98. The van der Waals surface area contributed by atoms with Crippen molar-refractivity contribution in [1.82, 2.24) is 14.5 Å². The van der Waals surface area contributed by atoms with E-state index in [9.17, 15) is 9.59 Å². The number of fused-ring (bicyclic) bond motifs is 1. The average Bonchev–Trinajstić information content (AvgIpc) is 2.68. The molecule has 118 valence electrons. The predicted molar refractivity (Wildman–Crippen MR) is 86.1 cm³/mol. The van der Waals surface area contributed by atoms with Crippen LogP contribution in [0.3, 0.4) is 0 Å². The van der Waals surface area contributed by atoms with Gasteiger partial charge in [-0.1, -0.05) is 12.6 Å². The van der Waals surface area contributed by atoms with Crippen LogP contribution < -0.4 is 11.1 Å². The van der Waals surface area contributed by atoms with Crippen LogP contribution in [0.4, 0.5) is 11.5 Å². The Kier molecular flexibility index (Phi) is 4.55. The van der Waals surface area contributed by atoms with Gasteiger partial charge in [0.25, 0.3) is 0 Å². The molecule has 0 fully saturated rings. The van der Waals surface area contributed by atoms with Crippen molar-refractivity contribution in [1.29, 1.82) is 0 Å². The van der Waals surface area contributed by atoms with Crippen molar-refractivity contribution in [3.05, 3.63) is 11.5 Å². The van der Waals surface area contributed by atoms with Crippen LogP contribution >= 0.6 is 12.6 Å². The van der Waals surface area contributed by atoms with Crippen molar-refractivity contribution in [2.45, 2.75) is 13.8 Å². The van der Waals surface area contributed by atoms with Gasteiger partial charge in [0.05, 0.1) is 17.7 Å². The number of nitrogens with zero attached hydrogens (tertiary/aromatic N) is 3. The first-order valence-corrected chi connectivity index (χ1v) is 7.06. The molecule has 0 amide bonds. The van der Waals surface area contributed by atoms with Gasteiger partial charge in [-0.15, -0.1) is 0 Å². The molecule has 9 heteroatoms. The lowest BCUT2D eigenvalue weighted by atomic mass is 10.3. The van der Waals surface area contributed by atoms with E-state index in [1.165, 1.54) is 0 Å². The fourth-order valence-corrected chi connectivity index (χ4v) is 2.48. The van der Waals surface area contributed by atoms with Gasteiger partial charge in [0.15, 0.2) is 0 Å². The van der Waals surface area contributed by atoms with E-state index in [1.807, 2.05) is 0 Å². The molecule has 0 aliphatic heterocycles. The number of carbonyl (C=O) groups excluding carboxylic acids is 2. The number of ether oxygens (including phenoxy) is 1. The predicted octanol–water partition coefficient (Wildman–Crippen LogP) is 0.904. The Morgan fingerprint density at radius 2 is 2.09 bits per heavy atom. The smallest absolute Gasteiger partial charge is 0.325 e. The summed E-state index contributed by atoms with van der Waals surface area (Å²) in [7, 11) is 1.67. The molecule has 0 atom stereocenters. The maximum atomic E-state index is 11.6. The fraction of sp³-hybridized carbons (Fsp3) is 0.385. The van der Waals surface area contributed by atoms with Crippen LogP contribution in [-0.2, 0) is 16.6 Å². The lowest BCUT2D eigenvalue weighted by Gasteiger charge is -2.08. The molecule has 3 N–H and O–H groups in total. The molecular weight excluding hydrogens is 306 g/mol. The van der Waals surface area contributed by atoms with E-state index in [-0.39, 0.29) is 17.9 Å². The summed E-state index contributed by atoms with van der Waals surface area (Å²) in [6.07, 6.45) is 0. The molecule has 8 nitrogen and oxygen atoms in total. The Morgan fingerprint density at radius 3 is 2.68 bits per heavy atom. The highest BCUT2D eigenvalue weighted by Gasteiger charge is 2.22. The number of esters is 1. The fourth-order valence-electron chi connectivity index (χ4n) is 2.21. The summed E-state index contributed by atoms with van der Waals surface area (Å²) in [5, 5.41) is 2.89. The minimum absolute atomic E-state index is 0.0577. The Bertz CT molecular complexity index is 756. The largest absolute Gasteiger partial charge is 0.465 e. The third-order valence-corrected chi connectivity index (χ3v) is 3.30. The van der Waals surface area contributed by atoms with Gasteiger partial charge in [-0.25, -0.2) is 9.97 Å².